The number of rotatable bonds is 2. The Morgan fingerprint density at radius 2 is 1.67 bits per heavy atom. The number of aryl methyl sites for hydroxylation is 2. The normalized spacial score (nSPS) is 19.3. The molecule has 0 atom stereocenters. The molecule has 1 aliphatic heterocycles. The first kappa shape index (κ1) is 22.9. The summed E-state index contributed by atoms with van der Waals surface area (Å²) in [6.45, 7) is 10.9. The van der Waals surface area contributed by atoms with Crippen LogP contribution in [0.5, 0.6) is 0 Å². The Morgan fingerprint density at radius 3 is 2.17 bits per heavy atom. The van der Waals surface area contributed by atoms with Gasteiger partial charge in [-0.05, 0) is 81.7 Å². The van der Waals surface area contributed by atoms with Gasteiger partial charge in [-0.15, -0.1) is 0 Å². The molecular formula is C24H32BrNO4. The molecule has 0 saturated carbocycles. The number of amides is 1. The molecular weight excluding hydrogens is 446 g/mol. The Hall–Kier alpha value is -1.82. The first-order chi connectivity index (χ1) is 13.9. The largest absolute Gasteiger partial charge is 0.500 e. The number of hydrogen-bond acceptors (Lipinski definition) is 4. The maximum atomic E-state index is 13.4. The lowest BCUT2D eigenvalue weighted by Gasteiger charge is -2.44. The monoisotopic (exact) mass is 477 g/mol. The number of nitrogens with zero attached hydrogens (tertiary/aromatic N) is 1. The van der Waals surface area contributed by atoms with Gasteiger partial charge >= 0.3 is 6.09 Å². The van der Waals surface area contributed by atoms with Gasteiger partial charge in [-0.25, -0.2) is 4.79 Å². The van der Waals surface area contributed by atoms with Crippen molar-refractivity contribution in [3.05, 3.63) is 39.1 Å². The molecule has 1 saturated heterocycles. The van der Waals surface area contributed by atoms with Crippen molar-refractivity contribution in [2.45, 2.75) is 65.9 Å². The van der Waals surface area contributed by atoms with Crippen LogP contribution in [0, 0.1) is 19.3 Å². The average Bonchev–Trinajstić information content (AvgIpc) is 2.61. The van der Waals surface area contributed by atoms with E-state index >= 15 is 0 Å². The zero-order chi connectivity index (χ0) is 22.3. The molecule has 1 aromatic carbocycles. The Morgan fingerprint density at radius 1 is 1.10 bits per heavy atom. The first-order valence-electron chi connectivity index (χ1n) is 10.5. The van der Waals surface area contributed by atoms with Crippen LogP contribution in [-0.2, 0) is 14.3 Å². The van der Waals surface area contributed by atoms with Crippen LogP contribution >= 0.6 is 15.9 Å². The highest BCUT2D eigenvalue weighted by Gasteiger charge is 2.44. The van der Waals surface area contributed by atoms with Gasteiger partial charge in [0.15, 0.2) is 5.78 Å². The van der Waals surface area contributed by atoms with Gasteiger partial charge in [-0.3, -0.25) is 4.79 Å². The molecule has 1 fully saturated rings. The molecule has 3 rings (SSSR count). The van der Waals surface area contributed by atoms with Crippen LogP contribution in [0.3, 0.4) is 0 Å². The minimum absolute atomic E-state index is 0.136. The third-order valence-electron chi connectivity index (χ3n) is 6.10. The van der Waals surface area contributed by atoms with Crippen LogP contribution in [0.25, 0.3) is 5.57 Å². The fraction of sp³-hybridized carbons (Fsp3) is 0.583. The van der Waals surface area contributed by atoms with E-state index in [1.54, 1.807) is 12.0 Å². The lowest BCUT2D eigenvalue weighted by Crippen LogP contribution is -2.47. The van der Waals surface area contributed by atoms with E-state index in [0.29, 0.717) is 19.5 Å². The number of benzene rings is 1. The molecule has 0 aromatic heterocycles. The smallest absolute Gasteiger partial charge is 0.410 e. The van der Waals surface area contributed by atoms with Crippen molar-refractivity contribution in [2.75, 3.05) is 20.2 Å². The topological polar surface area (TPSA) is 55.8 Å². The maximum Gasteiger partial charge on any atom is 0.410 e. The average molecular weight is 478 g/mol. The molecule has 30 heavy (non-hydrogen) atoms. The van der Waals surface area contributed by atoms with E-state index in [1.165, 1.54) is 0 Å². The van der Waals surface area contributed by atoms with Crippen molar-refractivity contribution in [3.8, 4) is 0 Å². The number of carbonyl (C=O) groups is 2. The van der Waals surface area contributed by atoms with Crippen molar-refractivity contribution in [3.63, 3.8) is 0 Å². The number of methoxy groups -OCH3 is 1. The van der Waals surface area contributed by atoms with Crippen molar-refractivity contribution in [1.82, 2.24) is 4.90 Å². The predicted octanol–water partition coefficient (Wildman–Crippen LogP) is 5.80. The standard InChI is InChI=1S/C24H32BrNO4/c1-15-11-17(25)12-16(2)20(15)21-18(27)13-24(14-19(21)29-6)7-9-26(10-8-24)22(28)30-23(3,4)5/h11-12H,7-10,13-14H2,1-6H3. The summed E-state index contributed by atoms with van der Waals surface area (Å²) >= 11 is 3.54. The van der Waals surface area contributed by atoms with E-state index in [9.17, 15) is 9.59 Å². The molecule has 0 radical (unpaired) electrons. The van der Waals surface area contributed by atoms with Gasteiger partial charge in [0.1, 0.15) is 11.4 Å². The third kappa shape index (κ3) is 4.74. The summed E-state index contributed by atoms with van der Waals surface area (Å²) in [5, 5.41) is 0. The van der Waals surface area contributed by atoms with Crippen LogP contribution in [0.1, 0.15) is 63.1 Å². The van der Waals surface area contributed by atoms with Gasteiger partial charge in [0, 0.05) is 30.4 Å². The molecule has 164 valence electrons. The first-order valence-corrected chi connectivity index (χ1v) is 11.3. The number of ketones is 1. The number of likely N-dealkylation sites (tertiary alicyclic amines) is 1. The van der Waals surface area contributed by atoms with Gasteiger partial charge in [-0.1, -0.05) is 15.9 Å². The number of hydrogen-bond donors (Lipinski definition) is 0. The Labute approximate surface area is 187 Å². The van der Waals surface area contributed by atoms with Crippen molar-refractivity contribution in [2.24, 2.45) is 5.41 Å². The molecule has 2 aliphatic rings. The van der Waals surface area contributed by atoms with E-state index in [0.717, 1.165) is 51.8 Å². The van der Waals surface area contributed by atoms with Gasteiger partial charge in [0.25, 0.3) is 0 Å². The molecule has 0 unspecified atom stereocenters. The zero-order valence-corrected chi connectivity index (χ0v) is 20.4. The van der Waals surface area contributed by atoms with E-state index in [-0.39, 0.29) is 17.3 Å². The van der Waals surface area contributed by atoms with Gasteiger partial charge in [0.05, 0.1) is 12.7 Å². The van der Waals surface area contributed by atoms with Crippen molar-refractivity contribution in [1.29, 1.82) is 0 Å². The molecule has 1 spiro atoms. The van der Waals surface area contributed by atoms with Gasteiger partial charge in [0.2, 0.25) is 0 Å². The molecule has 0 N–H and O–H groups in total. The Bertz CT molecular complexity index is 866. The lowest BCUT2D eigenvalue weighted by molar-refractivity contribution is -0.117. The number of ether oxygens (including phenoxy) is 2. The fourth-order valence-corrected chi connectivity index (χ4v) is 5.36. The quantitative estimate of drug-likeness (QED) is 0.539. The molecule has 1 heterocycles. The Kier molecular flexibility index (Phi) is 6.38. The van der Waals surface area contributed by atoms with Crippen LogP contribution in [0.15, 0.2) is 22.4 Å². The number of allylic oxidation sites excluding steroid dienone is 2. The summed E-state index contributed by atoms with van der Waals surface area (Å²) in [6.07, 6.45) is 2.49. The summed E-state index contributed by atoms with van der Waals surface area (Å²) in [6, 6.07) is 4.08. The number of Topliss-reactive ketones (excluding diaryl/α,β-unsaturated/α-hetero) is 1. The summed E-state index contributed by atoms with van der Waals surface area (Å²) in [5.41, 5.74) is 3.18. The maximum absolute atomic E-state index is 13.4. The third-order valence-corrected chi connectivity index (χ3v) is 6.56. The molecule has 0 bridgehead atoms. The number of halogens is 1. The van der Waals surface area contributed by atoms with Crippen LogP contribution < -0.4 is 0 Å². The highest BCUT2D eigenvalue weighted by molar-refractivity contribution is 9.10. The summed E-state index contributed by atoms with van der Waals surface area (Å²) in [7, 11) is 1.65. The molecule has 1 amide bonds. The zero-order valence-electron chi connectivity index (χ0n) is 18.9. The second kappa shape index (κ2) is 8.37. The molecule has 5 nitrogen and oxygen atoms in total. The number of piperidine rings is 1. The minimum Gasteiger partial charge on any atom is -0.500 e. The van der Waals surface area contributed by atoms with Crippen LogP contribution in [-0.4, -0.2) is 42.6 Å². The second-order valence-electron chi connectivity index (χ2n) is 9.66. The summed E-state index contributed by atoms with van der Waals surface area (Å²) < 4.78 is 12.3. The summed E-state index contributed by atoms with van der Waals surface area (Å²) in [4.78, 5) is 27.5. The molecule has 6 heteroatoms. The van der Waals surface area contributed by atoms with E-state index < -0.39 is 5.60 Å². The van der Waals surface area contributed by atoms with Crippen LogP contribution in [0.4, 0.5) is 4.79 Å². The van der Waals surface area contributed by atoms with Gasteiger partial charge in [-0.2, -0.15) is 0 Å². The highest BCUT2D eigenvalue weighted by atomic mass is 79.9. The van der Waals surface area contributed by atoms with E-state index in [1.807, 2.05) is 46.8 Å². The molecule has 1 aromatic rings. The van der Waals surface area contributed by atoms with Gasteiger partial charge < -0.3 is 14.4 Å². The van der Waals surface area contributed by atoms with E-state index in [4.69, 9.17) is 9.47 Å². The lowest BCUT2D eigenvalue weighted by atomic mass is 9.66. The Balaban J connectivity index is 1.83. The predicted molar refractivity (Wildman–Crippen MR) is 121 cm³/mol. The summed E-state index contributed by atoms with van der Waals surface area (Å²) in [5.74, 6) is 0.905. The van der Waals surface area contributed by atoms with Crippen molar-refractivity contribution < 1.29 is 19.1 Å². The number of carbonyl (C=O) groups excluding carboxylic acids is 2. The second-order valence-corrected chi connectivity index (χ2v) is 10.6. The highest BCUT2D eigenvalue weighted by Crippen LogP contribution is 2.48. The SMILES string of the molecule is COC1=C(c2c(C)cc(Br)cc2C)C(=O)CC2(CCN(C(=O)OC(C)(C)C)CC2)C1. The van der Waals surface area contributed by atoms with Crippen LogP contribution in [0.2, 0.25) is 0 Å². The van der Waals surface area contributed by atoms with E-state index in [2.05, 4.69) is 15.9 Å². The fourth-order valence-electron chi connectivity index (χ4n) is 4.68. The minimum atomic E-state index is -0.506. The van der Waals surface area contributed by atoms with Crippen molar-refractivity contribution >= 4 is 33.4 Å². The molecule has 1 aliphatic carbocycles.